The Labute approximate surface area is 107 Å². The van der Waals surface area contributed by atoms with E-state index in [2.05, 4.69) is 0 Å². The number of carbonyl (C=O) groups is 1. The summed E-state index contributed by atoms with van der Waals surface area (Å²) in [5, 5.41) is 0.937. The lowest BCUT2D eigenvalue weighted by molar-refractivity contribution is 0.0706. The van der Waals surface area contributed by atoms with Gasteiger partial charge in [-0.3, -0.25) is 4.79 Å². The van der Waals surface area contributed by atoms with Gasteiger partial charge >= 0.3 is 0 Å². The van der Waals surface area contributed by atoms with Crippen molar-refractivity contribution in [2.24, 2.45) is 11.1 Å². The third kappa shape index (κ3) is 1.95. The van der Waals surface area contributed by atoms with Crippen molar-refractivity contribution in [2.45, 2.75) is 33.2 Å². The van der Waals surface area contributed by atoms with E-state index in [-0.39, 0.29) is 5.78 Å². The molecule has 1 aromatic heterocycles. The molecule has 2 aromatic rings. The van der Waals surface area contributed by atoms with Crippen molar-refractivity contribution >= 4 is 16.8 Å². The van der Waals surface area contributed by atoms with Crippen molar-refractivity contribution in [1.82, 2.24) is 0 Å². The number of hydrogen-bond acceptors (Lipinski definition) is 3. The van der Waals surface area contributed by atoms with Gasteiger partial charge in [-0.1, -0.05) is 32.0 Å². The van der Waals surface area contributed by atoms with E-state index in [1.807, 2.05) is 52.0 Å². The molecule has 0 saturated carbocycles. The second-order valence-corrected chi connectivity index (χ2v) is 5.82. The minimum Gasteiger partial charge on any atom is -0.453 e. The van der Waals surface area contributed by atoms with E-state index in [9.17, 15) is 4.79 Å². The molecule has 18 heavy (non-hydrogen) atoms. The number of para-hydroxylation sites is 1. The van der Waals surface area contributed by atoms with Crippen LogP contribution < -0.4 is 5.73 Å². The number of Topliss-reactive ketones (excluding diaryl/α,β-unsaturated/α-hetero) is 1. The molecule has 3 nitrogen and oxygen atoms in total. The van der Waals surface area contributed by atoms with Gasteiger partial charge in [0, 0.05) is 16.3 Å². The number of fused-ring (bicyclic) bond motifs is 1. The molecule has 1 aromatic carbocycles. The summed E-state index contributed by atoms with van der Waals surface area (Å²) in [6, 6.07) is 9.37. The summed E-state index contributed by atoms with van der Waals surface area (Å²) in [6.45, 7) is 7.41. The van der Waals surface area contributed by atoms with Gasteiger partial charge in [0.1, 0.15) is 5.58 Å². The van der Waals surface area contributed by atoms with Gasteiger partial charge in [-0.15, -0.1) is 0 Å². The van der Waals surface area contributed by atoms with Crippen LogP contribution in [0.1, 0.15) is 38.2 Å². The van der Waals surface area contributed by atoms with E-state index in [1.165, 1.54) is 0 Å². The number of rotatable bonds is 3. The Hall–Kier alpha value is -1.61. The van der Waals surface area contributed by atoms with Gasteiger partial charge in [-0.25, -0.2) is 0 Å². The van der Waals surface area contributed by atoms with Gasteiger partial charge in [-0.2, -0.15) is 0 Å². The van der Waals surface area contributed by atoms with Crippen molar-refractivity contribution in [2.75, 3.05) is 0 Å². The summed E-state index contributed by atoms with van der Waals surface area (Å²) in [5.41, 5.74) is 5.52. The van der Waals surface area contributed by atoms with Crippen LogP contribution in [-0.4, -0.2) is 11.3 Å². The van der Waals surface area contributed by atoms with Crippen LogP contribution in [0.15, 0.2) is 34.7 Å². The van der Waals surface area contributed by atoms with E-state index in [0.29, 0.717) is 5.76 Å². The SMILES string of the molecule is CC(C)(N)C(C)(C)C(=O)c1cc2ccccc2o1. The molecule has 0 aliphatic carbocycles. The Balaban J connectivity index is 2.46. The van der Waals surface area contributed by atoms with Gasteiger partial charge in [0.05, 0.1) is 0 Å². The monoisotopic (exact) mass is 245 g/mol. The molecule has 0 amide bonds. The average molecular weight is 245 g/mol. The molecular formula is C15H19NO2. The van der Waals surface area contributed by atoms with Crippen LogP contribution in [0.3, 0.4) is 0 Å². The summed E-state index contributed by atoms with van der Waals surface area (Å²) in [5.74, 6) is 0.311. The molecule has 96 valence electrons. The van der Waals surface area contributed by atoms with Crippen LogP contribution in [0, 0.1) is 5.41 Å². The standard InChI is InChI=1S/C15H19NO2/c1-14(2,15(3,4)16)13(17)12-9-10-7-5-6-8-11(10)18-12/h5-9H,16H2,1-4H3. The molecule has 0 radical (unpaired) electrons. The van der Waals surface area contributed by atoms with Crippen molar-refractivity contribution in [3.63, 3.8) is 0 Å². The predicted octanol–water partition coefficient (Wildman–Crippen LogP) is 3.38. The lowest BCUT2D eigenvalue weighted by atomic mass is 9.71. The van der Waals surface area contributed by atoms with Gasteiger partial charge in [0.25, 0.3) is 0 Å². The fourth-order valence-electron chi connectivity index (χ4n) is 1.69. The first-order chi connectivity index (χ1) is 8.23. The first-order valence-corrected chi connectivity index (χ1v) is 6.06. The average Bonchev–Trinajstić information content (AvgIpc) is 2.69. The fourth-order valence-corrected chi connectivity index (χ4v) is 1.69. The molecule has 3 heteroatoms. The first kappa shape index (κ1) is 12.8. The Morgan fingerprint density at radius 3 is 2.33 bits per heavy atom. The summed E-state index contributed by atoms with van der Waals surface area (Å²) < 4.78 is 5.61. The predicted molar refractivity (Wildman–Crippen MR) is 72.6 cm³/mol. The molecule has 0 atom stereocenters. The van der Waals surface area contributed by atoms with Crippen LogP contribution in [0.25, 0.3) is 11.0 Å². The van der Waals surface area contributed by atoms with Crippen LogP contribution in [-0.2, 0) is 0 Å². The van der Waals surface area contributed by atoms with Crippen LogP contribution >= 0.6 is 0 Å². The molecule has 2 rings (SSSR count). The van der Waals surface area contributed by atoms with Gasteiger partial charge < -0.3 is 10.2 Å². The van der Waals surface area contributed by atoms with Gasteiger partial charge in [0.15, 0.2) is 5.76 Å². The van der Waals surface area contributed by atoms with Crippen LogP contribution in [0.5, 0.6) is 0 Å². The Kier molecular flexibility index (Phi) is 2.82. The molecule has 2 N–H and O–H groups in total. The minimum atomic E-state index is -0.680. The lowest BCUT2D eigenvalue weighted by Gasteiger charge is -2.36. The Morgan fingerprint density at radius 2 is 1.78 bits per heavy atom. The highest BCUT2D eigenvalue weighted by molar-refractivity contribution is 6.01. The van der Waals surface area contributed by atoms with Crippen molar-refractivity contribution < 1.29 is 9.21 Å². The zero-order valence-corrected chi connectivity index (χ0v) is 11.3. The van der Waals surface area contributed by atoms with E-state index < -0.39 is 11.0 Å². The number of hydrogen-bond donors (Lipinski definition) is 1. The van der Waals surface area contributed by atoms with Crippen LogP contribution in [0.4, 0.5) is 0 Å². The summed E-state index contributed by atoms with van der Waals surface area (Å²) in [6.07, 6.45) is 0. The second-order valence-electron chi connectivity index (χ2n) is 5.82. The number of nitrogens with two attached hydrogens (primary N) is 1. The molecule has 1 heterocycles. The number of benzene rings is 1. The summed E-state index contributed by atoms with van der Waals surface area (Å²) in [4.78, 5) is 12.5. The van der Waals surface area contributed by atoms with Crippen molar-refractivity contribution in [3.8, 4) is 0 Å². The normalized spacial score (nSPS) is 12.9. The first-order valence-electron chi connectivity index (χ1n) is 6.06. The molecule has 0 aliphatic rings. The Morgan fingerprint density at radius 1 is 1.17 bits per heavy atom. The van der Waals surface area contributed by atoms with Gasteiger partial charge in [-0.05, 0) is 26.0 Å². The van der Waals surface area contributed by atoms with E-state index >= 15 is 0 Å². The van der Waals surface area contributed by atoms with E-state index in [0.717, 1.165) is 11.0 Å². The highest BCUT2D eigenvalue weighted by atomic mass is 16.3. The largest absolute Gasteiger partial charge is 0.453 e. The molecular weight excluding hydrogens is 226 g/mol. The highest BCUT2D eigenvalue weighted by Gasteiger charge is 2.42. The second kappa shape index (κ2) is 3.95. The third-order valence-electron chi connectivity index (χ3n) is 3.83. The maximum atomic E-state index is 12.5. The summed E-state index contributed by atoms with van der Waals surface area (Å²) >= 11 is 0. The molecule has 0 unspecified atom stereocenters. The smallest absolute Gasteiger partial charge is 0.205 e. The maximum absolute atomic E-state index is 12.5. The number of carbonyl (C=O) groups excluding carboxylic acids is 1. The fraction of sp³-hybridized carbons (Fsp3) is 0.400. The lowest BCUT2D eigenvalue weighted by Crippen LogP contribution is -2.51. The van der Waals surface area contributed by atoms with E-state index in [1.54, 1.807) is 6.07 Å². The molecule has 0 fully saturated rings. The molecule has 0 aliphatic heterocycles. The minimum absolute atomic E-state index is 0.0637. The zero-order chi connectivity index (χ0) is 13.6. The quantitative estimate of drug-likeness (QED) is 0.843. The van der Waals surface area contributed by atoms with Crippen molar-refractivity contribution in [3.05, 3.63) is 36.1 Å². The third-order valence-corrected chi connectivity index (χ3v) is 3.83. The maximum Gasteiger partial charge on any atom is 0.205 e. The summed E-state index contributed by atoms with van der Waals surface area (Å²) in [7, 11) is 0. The van der Waals surface area contributed by atoms with Gasteiger partial charge in [0.2, 0.25) is 5.78 Å². The highest BCUT2D eigenvalue weighted by Crippen LogP contribution is 2.33. The number of ketones is 1. The molecule has 0 bridgehead atoms. The van der Waals surface area contributed by atoms with Crippen LogP contribution in [0.2, 0.25) is 0 Å². The molecule has 0 spiro atoms. The Bertz CT molecular complexity index is 555. The topological polar surface area (TPSA) is 56.2 Å². The number of furan rings is 1. The van der Waals surface area contributed by atoms with Crippen molar-refractivity contribution in [1.29, 1.82) is 0 Å². The molecule has 0 saturated heterocycles. The van der Waals surface area contributed by atoms with E-state index in [4.69, 9.17) is 10.2 Å². The zero-order valence-electron chi connectivity index (χ0n) is 11.3.